The highest BCUT2D eigenvalue weighted by molar-refractivity contribution is 5.61. The Morgan fingerprint density at radius 1 is 1.47 bits per heavy atom. The molecule has 0 spiro atoms. The Bertz CT molecular complexity index is 342. The van der Waals surface area contributed by atoms with Crippen molar-refractivity contribution in [3.63, 3.8) is 0 Å². The van der Waals surface area contributed by atoms with Crippen LogP contribution in [0.5, 0.6) is 5.75 Å². The number of rotatable bonds is 7. The summed E-state index contributed by atoms with van der Waals surface area (Å²) in [5, 5.41) is 12.2. The van der Waals surface area contributed by atoms with E-state index in [-0.39, 0.29) is 12.5 Å². The van der Waals surface area contributed by atoms with E-state index in [0.29, 0.717) is 18.0 Å². The summed E-state index contributed by atoms with van der Waals surface area (Å²) in [7, 11) is 0. The molecule has 1 aromatic rings. The largest absolute Gasteiger partial charge is 0.491 e. The molecule has 0 bridgehead atoms. The van der Waals surface area contributed by atoms with E-state index in [1.165, 1.54) is 0 Å². The maximum atomic E-state index is 8.94. The average molecular weight is 238 g/mol. The van der Waals surface area contributed by atoms with Gasteiger partial charge in [0.05, 0.1) is 12.3 Å². The molecule has 0 radical (unpaired) electrons. The molecule has 17 heavy (non-hydrogen) atoms. The number of nitrogen functional groups attached to an aromatic ring is 1. The topological polar surface area (TPSA) is 67.5 Å². The molecule has 0 aliphatic carbocycles. The summed E-state index contributed by atoms with van der Waals surface area (Å²) in [4.78, 5) is 0. The van der Waals surface area contributed by atoms with Crippen LogP contribution in [0.25, 0.3) is 0 Å². The second-order valence-electron chi connectivity index (χ2n) is 4.27. The number of benzene rings is 1. The van der Waals surface area contributed by atoms with Gasteiger partial charge in [0, 0.05) is 24.9 Å². The van der Waals surface area contributed by atoms with E-state index in [1.807, 2.05) is 25.1 Å². The van der Waals surface area contributed by atoms with Gasteiger partial charge in [0.25, 0.3) is 0 Å². The van der Waals surface area contributed by atoms with E-state index in [0.717, 1.165) is 18.7 Å². The van der Waals surface area contributed by atoms with Crippen LogP contribution >= 0.6 is 0 Å². The van der Waals surface area contributed by atoms with E-state index in [9.17, 15) is 0 Å². The first-order chi connectivity index (χ1) is 8.17. The summed E-state index contributed by atoms with van der Waals surface area (Å²) in [6, 6.07) is 5.64. The van der Waals surface area contributed by atoms with Crippen LogP contribution in [0.15, 0.2) is 18.2 Å². The fourth-order valence-corrected chi connectivity index (χ4v) is 1.34. The maximum absolute atomic E-state index is 8.94. The maximum Gasteiger partial charge on any atom is 0.144 e. The monoisotopic (exact) mass is 238 g/mol. The van der Waals surface area contributed by atoms with Crippen molar-refractivity contribution in [1.29, 1.82) is 0 Å². The molecule has 1 atom stereocenters. The number of nitrogens with two attached hydrogens (primary N) is 1. The molecule has 0 amide bonds. The molecular formula is C13H22N2O2. The third kappa shape index (κ3) is 4.53. The van der Waals surface area contributed by atoms with Gasteiger partial charge >= 0.3 is 0 Å². The minimum Gasteiger partial charge on any atom is -0.491 e. The van der Waals surface area contributed by atoms with Crippen molar-refractivity contribution >= 4 is 11.4 Å². The predicted octanol–water partition coefficient (Wildman–Crippen LogP) is 2.10. The number of anilines is 2. The number of hydrogen-bond acceptors (Lipinski definition) is 4. The molecule has 96 valence electrons. The fraction of sp³-hybridized carbons (Fsp3) is 0.538. The Hall–Kier alpha value is -1.42. The van der Waals surface area contributed by atoms with Gasteiger partial charge in [0.2, 0.25) is 0 Å². The summed E-state index contributed by atoms with van der Waals surface area (Å²) in [5.41, 5.74) is 7.44. The van der Waals surface area contributed by atoms with Crippen LogP contribution in [0, 0.1) is 5.92 Å². The van der Waals surface area contributed by atoms with Gasteiger partial charge in [-0.15, -0.1) is 0 Å². The van der Waals surface area contributed by atoms with Crippen molar-refractivity contribution in [3.8, 4) is 5.75 Å². The normalized spacial score (nSPS) is 12.2. The van der Waals surface area contributed by atoms with E-state index >= 15 is 0 Å². The van der Waals surface area contributed by atoms with E-state index in [1.54, 1.807) is 0 Å². The first kappa shape index (κ1) is 13.6. The Balaban J connectivity index is 2.61. The molecule has 4 heteroatoms. The van der Waals surface area contributed by atoms with E-state index in [2.05, 4.69) is 12.2 Å². The zero-order valence-electron chi connectivity index (χ0n) is 10.6. The Morgan fingerprint density at radius 2 is 2.24 bits per heavy atom. The number of ether oxygens (including phenoxy) is 1. The minimum atomic E-state index is 0.182. The van der Waals surface area contributed by atoms with Gasteiger partial charge in [-0.05, 0) is 24.5 Å². The number of hydrogen-bond donors (Lipinski definition) is 3. The summed E-state index contributed by atoms with van der Waals surface area (Å²) in [5.74, 6) is 0.945. The van der Waals surface area contributed by atoms with Crippen molar-refractivity contribution in [2.75, 3.05) is 30.8 Å². The quantitative estimate of drug-likeness (QED) is 0.636. The van der Waals surface area contributed by atoms with Crippen LogP contribution in [0.1, 0.15) is 20.3 Å². The summed E-state index contributed by atoms with van der Waals surface area (Å²) < 4.78 is 5.55. The molecule has 4 nitrogen and oxygen atoms in total. The van der Waals surface area contributed by atoms with Crippen molar-refractivity contribution in [2.24, 2.45) is 5.92 Å². The van der Waals surface area contributed by atoms with Gasteiger partial charge in [-0.1, -0.05) is 13.8 Å². The SMILES string of the molecule is CCCOc1cc(NCC(C)CO)ccc1N. The third-order valence-electron chi connectivity index (χ3n) is 2.44. The molecule has 0 fully saturated rings. The van der Waals surface area contributed by atoms with Gasteiger partial charge in [-0.2, -0.15) is 0 Å². The molecule has 0 saturated heterocycles. The Kier molecular flexibility index (Phi) is 5.63. The fourth-order valence-electron chi connectivity index (χ4n) is 1.34. The number of aliphatic hydroxyl groups excluding tert-OH is 1. The highest BCUT2D eigenvalue weighted by Gasteiger charge is 2.04. The smallest absolute Gasteiger partial charge is 0.144 e. The van der Waals surface area contributed by atoms with E-state index < -0.39 is 0 Å². The van der Waals surface area contributed by atoms with Gasteiger partial charge in [0.15, 0.2) is 0 Å². The number of nitrogens with one attached hydrogen (secondary N) is 1. The van der Waals surface area contributed by atoms with Crippen molar-refractivity contribution in [2.45, 2.75) is 20.3 Å². The first-order valence-electron chi connectivity index (χ1n) is 6.04. The second kappa shape index (κ2) is 7.01. The van der Waals surface area contributed by atoms with Crippen LogP contribution in [-0.4, -0.2) is 24.9 Å². The van der Waals surface area contributed by atoms with Crippen LogP contribution in [-0.2, 0) is 0 Å². The zero-order chi connectivity index (χ0) is 12.7. The molecule has 0 aromatic heterocycles. The van der Waals surface area contributed by atoms with Gasteiger partial charge < -0.3 is 20.9 Å². The van der Waals surface area contributed by atoms with Gasteiger partial charge in [-0.3, -0.25) is 0 Å². The van der Waals surface area contributed by atoms with Crippen LogP contribution in [0.2, 0.25) is 0 Å². The number of aliphatic hydroxyl groups is 1. The van der Waals surface area contributed by atoms with Crippen molar-refractivity contribution < 1.29 is 9.84 Å². The first-order valence-corrected chi connectivity index (χ1v) is 6.04. The Morgan fingerprint density at radius 3 is 2.88 bits per heavy atom. The predicted molar refractivity (Wildman–Crippen MR) is 71.4 cm³/mol. The molecule has 0 aliphatic heterocycles. The lowest BCUT2D eigenvalue weighted by Gasteiger charge is -2.13. The third-order valence-corrected chi connectivity index (χ3v) is 2.44. The van der Waals surface area contributed by atoms with Crippen LogP contribution < -0.4 is 15.8 Å². The van der Waals surface area contributed by atoms with Gasteiger partial charge in [0.1, 0.15) is 5.75 Å². The molecule has 0 aliphatic rings. The second-order valence-corrected chi connectivity index (χ2v) is 4.27. The van der Waals surface area contributed by atoms with Gasteiger partial charge in [-0.25, -0.2) is 0 Å². The van der Waals surface area contributed by atoms with Crippen molar-refractivity contribution in [1.82, 2.24) is 0 Å². The zero-order valence-corrected chi connectivity index (χ0v) is 10.6. The molecule has 1 aromatic carbocycles. The Labute approximate surface area is 103 Å². The molecule has 1 rings (SSSR count). The summed E-state index contributed by atoms with van der Waals surface area (Å²) in [6.07, 6.45) is 0.957. The molecular weight excluding hydrogens is 216 g/mol. The summed E-state index contributed by atoms with van der Waals surface area (Å²) in [6.45, 7) is 5.62. The lowest BCUT2D eigenvalue weighted by Crippen LogP contribution is -2.14. The molecule has 4 N–H and O–H groups in total. The minimum absolute atomic E-state index is 0.182. The molecule has 0 heterocycles. The van der Waals surface area contributed by atoms with E-state index in [4.69, 9.17) is 15.6 Å². The lowest BCUT2D eigenvalue weighted by molar-refractivity contribution is 0.244. The lowest BCUT2D eigenvalue weighted by atomic mass is 10.2. The highest BCUT2D eigenvalue weighted by atomic mass is 16.5. The average Bonchev–Trinajstić information content (AvgIpc) is 2.35. The van der Waals surface area contributed by atoms with Crippen LogP contribution in [0.4, 0.5) is 11.4 Å². The van der Waals surface area contributed by atoms with Crippen LogP contribution in [0.3, 0.4) is 0 Å². The highest BCUT2D eigenvalue weighted by Crippen LogP contribution is 2.25. The molecule has 1 unspecified atom stereocenters. The standard InChI is InChI=1S/C13H22N2O2/c1-3-6-17-13-7-11(4-5-12(13)14)15-8-10(2)9-16/h4-5,7,10,15-16H,3,6,8-9,14H2,1-2H3. The van der Waals surface area contributed by atoms with Crippen molar-refractivity contribution in [3.05, 3.63) is 18.2 Å². The molecule has 0 saturated carbocycles. The summed E-state index contributed by atoms with van der Waals surface area (Å²) >= 11 is 0.